The largest absolute Gasteiger partial charge is 0.462 e. The number of benzene rings is 1. The molecule has 0 radical (unpaired) electrons. The maximum Gasteiger partial charge on any atom is 0.340 e. The maximum atomic E-state index is 12.9. The van der Waals surface area contributed by atoms with E-state index in [1.165, 1.54) is 6.92 Å². The Morgan fingerprint density at radius 1 is 1.25 bits per heavy atom. The second-order valence-corrected chi connectivity index (χ2v) is 6.86. The van der Waals surface area contributed by atoms with Crippen LogP contribution in [0.15, 0.2) is 18.2 Å². The van der Waals surface area contributed by atoms with Crippen LogP contribution in [0.5, 0.6) is 0 Å². The highest BCUT2D eigenvalue weighted by Gasteiger charge is 2.25. The van der Waals surface area contributed by atoms with Crippen molar-refractivity contribution < 1.29 is 19.1 Å². The number of halogens is 1. The number of ether oxygens (including phenoxy) is 1. The summed E-state index contributed by atoms with van der Waals surface area (Å²) in [6.45, 7) is 8.56. The van der Waals surface area contributed by atoms with E-state index in [0.29, 0.717) is 38.9 Å². The third kappa shape index (κ3) is 4.72. The molecule has 8 heteroatoms. The zero-order valence-corrected chi connectivity index (χ0v) is 17.3. The molecule has 0 aliphatic carbocycles. The first-order chi connectivity index (χ1) is 13.1. The minimum atomic E-state index is -0.575. The number of ketones is 1. The number of aromatic nitrogens is 1. The molecule has 0 aliphatic heterocycles. The zero-order chi connectivity index (χ0) is 21.0. The first-order valence-corrected chi connectivity index (χ1v) is 9.27. The molecule has 150 valence electrons. The Labute approximate surface area is 168 Å². The number of anilines is 2. The second kappa shape index (κ2) is 8.93. The fourth-order valence-electron chi connectivity index (χ4n) is 2.93. The van der Waals surface area contributed by atoms with Crippen LogP contribution in [0.25, 0.3) is 0 Å². The molecule has 1 unspecified atom stereocenters. The van der Waals surface area contributed by atoms with Gasteiger partial charge in [-0.2, -0.15) is 0 Å². The van der Waals surface area contributed by atoms with Gasteiger partial charge in [0.05, 0.1) is 34.6 Å². The molecule has 1 aromatic heterocycles. The lowest BCUT2D eigenvalue weighted by Crippen LogP contribution is -2.27. The second-order valence-electron chi connectivity index (χ2n) is 6.45. The monoisotopic (exact) mass is 405 g/mol. The van der Waals surface area contributed by atoms with Crippen LogP contribution < -0.4 is 10.6 Å². The van der Waals surface area contributed by atoms with Crippen molar-refractivity contribution in [2.24, 2.45) is 0 Å². The van der Waals surface area contributed by atoms with E-state index in [1.54, 1.807) is 45.9 Å². The molecule has 1 aromatic carbocycles. The number of aryl methyl sites for hydroxylation is 1. The molecular formula is C20H24ClN3O4. The zero-order valence-electron chi connectivity index (χ0n) is 16.5. The molecule has 1 amide bonds. The lowest BCUT2D eigenvalue weighted by molar-refractivity contribution is -0.114. The first-order valence-electron chi connectivity index (χ1n) is 8.89. The van der Waals surface area contributed by atoms with Gasteiger partial charge in [0.25, 0.3) is 0 Å². The summed E-state index contributed by atoms with van der Waals surface area (Å²) in [6, 6.07) is 4.44. The smallest absolute Gasteiger partial charge is 0.340 e. The van der Waals surface area contributed by atoms with E-state index >= 15 is 0 Å². The summed E-state index contributed by atoms with van der Waals surface area (Å²) in [7, 11) is 0. The number of hydrogen-bond acceptors (Lipinski definition) is 5. The molecule has 0 spiro atoms. The number of Topliss-reactive ketones (excluding diaryl/α,β-unsaturated/α-hetero) is 1. The Morgan fingerprint density at radius 2 is 1.93 bits per heavy atom. The number of carbonyl (C=O) groups excluding carboxylic acids is 3. The van der Waals surface area contributed by atoms with Gasteiger partial charge in [0.2, 0.25) is 11.7 Å². The van der Waals surface area contributed by atoms with Gasteiger partial charge in [-0.1, -0.05) is 11.6 Å². The molecule has 0 saturated heterocycles. The SMILES string of the molecule is CCOC(=O)c1c(C)[nH]c(C(=O)C(C)Nc2ccc(NC(C)=O)c(Cl)c2)c1C. The van der Waals surface area contributed by atoms with E-state index < -0.39 is 12.0 Å². The maximum absolute atomic E-state index is 12.9. The van der Waals surface area contributed by atoms with Crippen LogP contribution in [0.2, 0.25) is 5.02 Å². The predicted octanol–water partition coefficient (Wildman–Crippen LogP) is 4.10. The van der Waals surface area contributed by atoms with Gasteiger partial charge in [0.15, 0.2) is 0 Å². The van der Waals surface area contributed by atoms with Crippen LogP contribution >= 0.6 is 11.6 Å². The van der Waals surface area contributed by atoms with Crippen LogP contribution in [0, 0.1) is 13.8 Å². The van der Waals surface area contributed by atoms with Crippen molar-refractivity contribution in [2.45, 2.75) is 40.7 Å². The van der Waals surface area contributed by atoms with Crippen LogP contribution in [-0.4, -0.2) is 35.3 Å². The minimum absolute atomic E-state index is 0.196. The van der Waals surface area contributed by atoms with Crippen molar-refractivity contribution in [2.75, 3.05) is 17.2 Å². The molecule has 0 fully saturated rings. The van der Waals surface area contributed by atoms with Gasteiger partial charge < -0.3 is 20.4 Å². The summed E-state index contributed by atoms with van der Waals surface area (Å²) >= 11 is 6.17. The van der Waals surface area contributed by atoms with Crippen LogP contribution in [0.3, 0.4) is 0 Å². The normalized spacial score (nSPS) is 11.6. The highest BCUT2D eigenvalue weighted by Crippen LogP contribution is 2.27. The molecule has 0 saturated carbocycles. The molecule has 1 atom stereocenters. The van der Waals surface area contributed by atoms with E-state index in [-0.39, 0.29) is 18.3 Å². The summed E-state index contributed by atoms with van der Waals surface area (Å²) in [5.41, 5.74) is 3.03. The van der Waals surface area contributed by atoms with Gasteiger partial charge >= 0.3 is 5.97 Å². The number of amides is 1. The number of aromatic amines is 1. The quantitative estimate of drug-likeness (QED) is 0.475. The number of hydrogen-bond donors (Lipinski definition) is 3. The van der Waals surface area contributed by atoms with Crippen molar-refractivity contribution in [1.29, 1.82) is 0 Å². The first kappa shape index (κ1) is 21.5. The lowest BCUT2D eigenvalue weighted by Gasteiger charge is -2.15. The Hall–Kier alpha value is -2.80. The fourth-order valence-corrected chi connectivity index (χ4v) is 3.16. The average Bonchev–Trinajstić information content (AvgIpc) is 2.91. The number of rotatable bonds is 7. The van der Waals surface area contributed by atoms with Gasteiger partial charge in [-0.25, -0.2) is 4.79 Å². The van der Waals surface area contributed by atoms with Crippen LogP contribution in [0.1, 0.15) is 52.9 Å². The fraction of sp³-hybridized carbons (Fsp3) is 0.350. The van der Waals surface area contributed by atoms with Crippen molar-refractivity contribution >= 4 is 40.6 Å². The Morgan fingerprint density at radius 3 is 2.50 bits per heavy atom. The number of nitrogens with one attached hydrogen (secondary N) is 3. The minimum Gasteiger partial charge on any atom is -0.462 e. The van der Waals surface area contributed by atoms with Crippen molar-refractivity contribution in [3.05, 3.63) is 45.7 Å². The Kier molecular flexibility index (Phi) is 6.85. The van der Waals surface area contributed by atoms with Crippen molar-refractivity contribution in [1.82, 2.24) is 4.98 Å². The van der Waals surface area contributed by atoms with Crippen molar-refractivity contribution in [3.63, 3.8) is 0 Å². The predicted molar refractivity (Wildman–Crippen MR) is 109 cm³/mol. The van der Waals surface area contributed by atoms with Crippen molar-refractivity contribution in [3.8, 4) is 0 Å². The molecule has 0 bridgehead atoms. The van der Waals surface area contributed by atoms with E-state index in [9.17, 15) is 14.4 Å². The van der Waals surface area contributed by atoms with Gasteiger partial charge in [-0.15, -0.1) is 0 Å². The molecule has 2 aromatic rings. The van der Waals surface area contributed by atoms with Gasteiger partial charge in [-0.3, -0.25) is 9.59 Å². The summed E-state index contributed by atoms with van der Waals surface area (Å²) in [4.78, 5) is 39.1. The third-order valence-corrected chi connectivity index (χ3v) is 4.53. The molecule has 3 N–H and O–H groups in total. The highest BCUT2D eigenvalue weighted by atomic mass is 35.5. The number of H-pyrrole nitrogens is 1. The van der Waals surface area contributed by atoms with E-state index in [0.717, 1.165) is 0 Å². The molecular weight excluding hydrogens is 382 g/mol. The van der Waals surface area contributed by atoms with Gasteiger partial charge in [0, 0.05) is 18.3 Å². The molecule has 0 aliphatic rings. The Balaban J connectivity index is 2.19. The number of esters is 1. The summed E-state index contributed by atoms with van der Waals surface area (Å²) in [6.07, 6.45) is 0. The van der Waals surface area contributed by atoms with E-state index in [4.69, 9.17) is 16.3 Å². The standard InChI is InChI=1S/C20H24ClN3O4/c1-6-28-20(27)17-10(2)18(23-11(17)3)19(26)12(4)22-14-7-8-16(15(21)9-14)24-13(5)25/h7-9,12,22-23H,6H2,1-5H3,(H,24,25). The topological polar surface area (TPSA) is 100 Å². The summed E-state index contributed by atoms with van der Waals surface area (Å²) < 4.78 is 5.06. The lowest BCUT2D eigenvalue weighted by atomic mass is 10.0. The third-order valence-electron chi connectivity index (χ3n) is 4.22. The highest BCUT2D eigenvalue weighted by molar-refractivity contribution is 6.34. The molecule has 28 heavy (non-hydrogen) atoms. The molecule has 2 rings (SSSR count). The van der Waals surface area contributed by atoms with Crippen LogP contribution in [-0.2, 0) is 9.53 Å². The summed E-state index contributed by atoms with van der Waals surface area (Å²) in [5.74, 6) is -0.867. The average molecular weight is 406 g/mol. The summed E-state index contributed by atoms with van der Waals surface area (Å²) in [5, 5.41) is 6.07. The van der Waals surface area contributed by atoms with Gasteiger partial charge in [0.1, 0.15) is 0 Å². The van der Waals surface area contributed by atoms with E-state index in [1.807, 2.05) is 0 Å². The molecule has 7 nitrogen and oxygen atoms in total. The molecule has 1 heterocycles. The Bertz CT molecular complexity index is 920. The van der Waals surface area contributed by atoms with E-state index in [2.05, 4.69) is 15.6 Å². The van der Waals surface area contributed by atoms with Crippen LogP contribution in [0.4, 0.5) is 11.4 Å². The number of carbonyl (C=O) groups is 3. The van der Waals surface area contributed by atoms with Gasteiger partial charge in [-0.05, 0) is 51.5 Å².